The van der Waals surface area contributed by atoms with Gasteiger partial charge in [-0.05, 0) is 0 Å². The molecule has 0 saturated carbocycles. The number of sulfonamides is 1. The van der Waals surface area contributed by atoms with Gasteiger partial charge in [-0.3, -0.25) is 0 Å². The van der Waals surface area contributed by atoms with Crippen molar-refractivity contribution in [1.29, 1.82) is 0 Å². The third-order valence-electron chi connectivity index (χ3n) is 4.65. The van der Waals surface area contributed by atoms with Crippen molar-refractivity contribution in [2.45, 2.75) is 34.3 Å². The summed E-state index contributed by atoms with van der Waals surface area (Å²) in [4.78, 5) is -0.00112. The van der Waals surface area contributed by atoms with E-state index in [1.165, 1.54) is 12.1 Å². The fourth-order valence-corrected chi connectivity index (χ4v) is 5.91. The standard InChI is InChI=1S/C19H23N3O7S2Se/c20-31(27,28)12-5-1-10(2-6-12)21-19(30)22-11-3-7-13(8-4-11)32-18-17(26)16(25)15(24)14(9-23)29-18/h1-8,14-18,23-26H,9H2,(H2,20,27,28)(H2,21,22,30)/t14-,15+,16+,17-,18+/m1/s1. The Morgan fingerprint density at radius 2 is 1.50 bits per heavy atom. The fourth-order valence-electron chi connectivity index (χ4n) is 2.94. The number of anilines is 2. The molecule has 2 aromatic rings. The number of aliphatic hydroxyl groups is 4. The second kappa shape index (κ2) is 10.5. The minimum absolute atomic E-state index is 0.00112. The van der Waals surface area contributed by atoms with Crippen LogP contribution >= 0.6 is 12.2 Å². The molecule has 8 N–H and O–H groups in total. The first kappa shape index (κ1) is 25.0. The number of hydrogen-bond donors (Lipinski definition) is 7. The van der Waals surface area contributed by atoms with Crippen LogP contribution in [0.5, 0.6) is 0 Å². The monoisotopic (exact) mass is 549 g/mol. The van der Waals surface area contributed by atoms with Gasteiger partial charge < -0.3 is 0 Å². The summed E-state index contributed by atoms with van der Waals surface area (Å²) in [5, 5.41) is 49.8. The number of benzene rings is 2. The van der Waals surface area contributed by atoms with Gasteiger partial charge in [0.05, 0.1) is 0 Å². The van der Waals surface area contributed by atoms with Gasteiger partial charge in [0.1, 0.15) is 0 Å². The van der Waals surface area contributed by atoms with Crippen LogP contribution in [-0.4, -0.2) is 84.9 Å². The topological polar surface area (TPSA) is 174 Å². The Hall–Kier alpha value is -1.64. The van der Waals surface area contributed by atoms with Crippen LogP contribution in [0.4, 0.5) is 11.4 Å². The maximum absolute atomic E-state index is 11.3. The van der Waals surface area contributed by atoms with Crippen molar-refractivity contribution in [2.24, 2.45) is 5.14 Å². The van der Waals surface area contributed by atoms with Crippen molar-refractivity contribution >= 4 is 58.1 Å². The van der Waals surface area contributed by atoms with E-state index in [-0.39, 0.29) is 4.90 Å². The molecule has 1 heterocycles. The first-order valence-corrected chi connectivity index (χ1v) is 13.2. The van der Waals surface area contributed by atoms with Crippen molar-refractivity contribution in [3.8, 4) is 0 Å². The molecule has 5 atom stereocenters. The Bertz CT molecular complexity index is 1040. The molecule has 32 heavy (non-hydrogen) atoms. The van der Waals surface area contributed by atoms with Gasteiger partial charge in [0.25, 0.3) is 0 Å². The van der Waals surface area contributed by atoms with E-state index in [0.29, 0.717) is 16.5 Å². The first-order valence-electron chi connectivity index (χ1n) is 9.36. The van der Waals surface area contributed by atoms with Gasteiger partial charge >= 0.3 is 183 Å². The third kappa shape index (κ3) is 6.23. The summed E-state index contributed by atoms with van der Waals surface area (Å²) < 4.78 is 29.0. The van der Waals surface area contributed by atoms with Crippen LogP contribution in [0.15, 0.2) is 53.4 Å². The van der Waals surface area contributed by atoms with Gasteiger partial charge in [0.2, 0.25) is 0 Å². The molecule has 0 radical (unpaired) electrons. The molecule has 3 rings (SSSR count). The van der Waals surface area contributed by atoms with E-state index in [2.05, 4.69) is 10.6 Å². The SMILES string of the molecule is NS(=O)(=O)c1ccc(NC(=S)Nc2ccc([Se][C@@H]3O[C@H](CO)[C@H](O)[C@H](O)[C@H]3O)cc2)cc1. The molecule has 0 aliphatic carbocycles. The number of primary sulfonamides is 1. The summed E-state index contributed by atoms with van der Waals surface area (Å²) in [7, 11) is -3.76. The second-order valence-corrected chi connectivity index (χ2v) is 11.4. The molecule has 1 saturated heterocycles. The van der Waals surface area contributed by atoms with Gasteiger partial charge in [-0.15, -0.1) is 0 Å². The van der Waals surface area contributed by atoms with Gasteiger partial charge in [0, 0.05) is 0 Å². The van der Waals surface area contributed by atoms with E-state index in [1.807, 2.05) is 12.1 Å². The predicted octanol–water partition coefficient (Wildman–Crippen LogP) is -1.73. The summed E-state index contributed by atoms with van der Waals surface area (Å²) >= 11 is 4.87. The molecule has 0 unspecified atom stereocenters. The van der Waals surface area contributed by atoms with E-state index < -0.39 is 61.0 Å². The second-order valence-electron chi connectivity index (χ2n) is 6.99. The molecule has 174 valence electrons. The summed E-state index contributed by atoms with van der Waals surface area (Å²) in [5.74, 6) is 0. The number of hydrogen-bond acceptors (Lipinski definition) is 8. The van der Waals surface area contributed by atoms with Crippen LogP contribution in [0.2, 0.25) is 0 Å². The van der Waals surface area contributed by atoms with Crippen LogP contribution in [0.25, 0.3) is 0 Å². The van der Waals surface area contributed by atoms with Crippen LogP contribution in [0.1, 0.15) is 0 Å². The van der Waals surface area contributed by atoms with Gasteiger partial charge in [0.15, 0.2) is 0 Å². The summed E-state index contributed by atoms with van der Waals surface area (Å²) in [5.41, 5.74) is 1.27. The molecule has 2 aromatic carbocycles. The van der Waals surface area contributed by atoms with E-state index >= 15 is 0 Å². The number of rotatable bonds is 6. The molecule has 10 nitrogen and oxygen atoms in total. The summed E-state index contributed by atoms with van der Waals surface area (Å²) in [6.45, 7) is -0.463. The number of aliphatic hydroxyl groups excluding tert-OH is 4. The minimum atomic E-state index is -3.76. The molecule has 0 bridgehead atoms. The van der Waals surface area contributed by atoms with Crippen molar-refractivity contribution in [3.63, 3.8) is 0 Å². The molecule has 13 heteroatoms. The maximum atomic E-state index is 11.3. The van der Waals surface area contributed by atoms with Crippen LogP contribution in [-0.2, 0) is 14.8 Å². The van der Waals surface area contributed by atoms with Gasteiger partial charge in [-0.1, -0.05) is 0 Å². The molecular weight excluding hydrogens is 525 g/mol. The van der Waals surface area contributed by atoms with Crippen molar-refractivity contribution in [3.05, 3.63) is 48.5 Å². The Morgan fingerprint density at radius 1 is 0.969 bits per heavy atom. The zero-order valence-electron chi connectivity index (χ0n) is 16.5. The first-order chi connectivity index (χ1) is 15.1. The van der Waals surface area contributed by atoms with E-state index in [0.717, 1.165) is 4.46 Å². The number of ether oxygens (including phenoxy) is 1. The number of thiocarbonyl (C=S) groups is 1. The normalized spacial score (nSPS) is 25.8. The van der Waals surface area contributed by atoms with Gasteiger partial charge in [-0.25, -0.2) is 13.6 Å². The zero-order chi connectivity index (χ0) is 23.5. The van der Waals surface area contributed by atoms with E-state index in [1.54, 1.807) is 24.3 Å². The van der Waals surface area contributed by atoms with Crippen molar-refractivity contribution in [2.75, 3.05) is 17.2 Å². The van der Waals surface area contributed by atoms with E-state index in [9.17, 15) is 28.8 Å². The predicted molar refractivity (Wildman–Crippen MR) is 123 cm³/mol. The molecule has 1 aliphatic rings. The van der Waals surface area contributed by atoms with Crippen molar-refractivity contribution < 1.29 is 33.6 Å². The number of nitrogens with one attached hydrogen (secondary N) is 2. The average Bonchev–Trinajstić information content (AvgIpc) is 2.75. The molecule has 0 spiro atoms. The van der Waals surface area contributed by atoms with Gasteiger partial charge in [-0.2, -0.15) is 0 Å². The Kier molecular flexibility index (Phi) is 8.22. The third-order valence-corrected chi connectivity index (χ3v) is 8.23. The Labute approximate surface area is 196 Å². The average molecular weight is 549 g/mol. The van der Waals surface area contributed by atoms with Crippen molar-refractivity contribution in [1.82, 2.24) is 0 Å². The summed E-state index contributed by atoms with van der Waals surface area (Å²) in [6, 6.07) is 13.0. The molecule has 1 fully saturated rings. The van der Waals surface area contributed by atoms with E-state index in [4.69, 9.17) is 22.1 Å². The molecule has 0 aromatic heterocycles. The summed E-state index contributed by atoms with van der Waals surface area (Å²) in [6.07, 6.45) is -4.96. The number of nitrogens with two attached hydrogens (primary N) is 1. The fraction of sp³-hybridized carbons (Fsp3) is 0.316. The van der Waals surface area contributed by atoms with Crippen LogP contribution < -0.4 is 20.2 Å². The Morgan fingerprint density at radius 3 is 2.00 bits per heavy atom. The molecular formula is C19H23N3O7S2Se. The quantitative estimate of drug-likeness (QED) is 0.162. The Balaban J connectivity index is 1.57. The van der Waals surface area contributed by atoms with Crippen LogP contribution in [0.3, 0.4) is 0 Å². The molecule has 0 amide bonds. The van der Waals surface area contributed by atoms with Crippen LogP contribution in [0, 0.1) is 0 Å². The molecule has 1 aliphatic heterocycles. The zero-order valence-corrected chi connectivity index (χ0v) is 19.9.